The summed E-state index contributed by atoms with van der Waals surface area (Å²) in [6.45, 7) is 10.2. The number of hydrogen-bond acceptors (Lipinski definition) is 2. The molecular weight excluding hydrogens is 251 g/mol. The van der Waals surface area contributed by atoms with Crippen LogP contribution in [0.15, 0.2) is 24.3 Å². The molecule has 1 unspecified atom stereocenters. The van der Waals surface area contributed by atoms with Gasteiger partial charge in [0.25, 0.3) is 0 Å². The first-order valence-corrected chi connectivity index (χ1v) is 7.81. The molecule has 1 atom stereocenters. The Kier molecular flexibility index (Phi) is 5.99. The van der Waals surface area contributed by atoms with E-state index in [1.54, 1.807) is 12.1 Å². The Labute approximate surface area is 122 Å². The van der Waals surface area contributed by atoms with Crippen molar-refractivity contribution in [3.05, 3.63) is 35.6 Å². The number of rotatable bonds is 7. The van der Waals surface area contributed by atoms with Gasteiger partial charge >= 0.3 is 0 Å². The van der Waals surface area contributed by atoms with Gasteiger partial charge in [-0.25, -0.2) is 4.39 Å². The normalized spacial score (nSPS) is 19.9. The molecule has 1 heterocycles. The molecule has 1 aromatic rings. The van der Waals surface area contributed by atoms with Crippen LogP contribution < -0.4 is 5.32 Å². The van der Waals surface area contributed by atoms with Gasteiger partial charge in [-0.05, 0) is 62.0 Å². The first kappa shape index (κ1) is 15.5. The Morgan fingerprint density at radius 1 is 1.30 bits per heavy atom. The molecule has 1 N–H and O–H groups in total. The summed E-state index contributed by atoms with van der Waals surface area (Å²) in [6.07, 6.45) is 2.32. The van der Waals surface area contributed by atoms with Crippen molar-refractivity contribution in [2.45, 2.75) is 26.7 Å². The van der Waals surface area contributed by atoms with Gasteiger partial charge in [-0.1, -0.05) is 26.0 Å². The molecule has 1 aromatic carbocycles. The van der Waals surface area contributed by atoms with Crippen molar-refractivity contribution in [3.8, 4) is 0 Å². The lowest BCUT2D eigenvalue weighted by atomic mass is 10.1. The number of hydrogen-bond donors (Lipinski definition) is 1. The van der Waals surface area contributed by atoms with Gasteiger partial charge in [-0.15, -0.1) is 0 Å². The molecule has 2 rings (SSSR count). The fourth-order valence-electron chi connectivity index (χ4n) is 2.80. The number of benzene rings is 1. The van der Waals surface area contributed by atoms with E-state index in [0.29, 0.717) is 0 Å². The maximum Gasteiger partial charge on any atom is 0.123 e. The molecular formula is C17H27FN2. The van der Waals surface area contributed by atoms with E-state index in [9.17, 15) is 4.39 Å². The summed E-state index contributed by atoms with van der Waals surface area (Å²) in [5, 5.41) is 3.56. The molecule has 0 bridgehead atoms. The monoisotopic (exact) mass is 278 g/mol. The van der Waals surface area contributed by atoms with Crippen molar-refractivity contribution in [2.24, 2.45) is 11.8 Å². The predicted molar refractivity (Wildman–Crippen MR) is 82.4 cm³/mol. The quantitative estimate of drug-likeness (QED) is 0.825. The van der Waals surface area contributed by atoms with Gasteiger partial charge in [-0.2, -0.15) is 0 Å². The topological polar surface area (TPSA) is 15.3 Å². The van der Waals surface area contributed by atoms with E-state index >= 15 is 0 Å². The second-order valence-corrected chi connectivity index (χ2v) is 6.38. The number of halogens is 1. The average Bonchev–Trinajstić information content (AvgIpc) is 2.86. The standard InChI is InChI=1S/C17H27FN2/c1-14(2)11-19-12-16-8-10-20(13-16)9-7-15-3-5-17(18)6-4-15/h3-6,14,16,19H,7-13H2,1-2H3. The van der Waals surface area contributed by atoms with Crippen LogP contribution in [0, 0.1) is 17.7 Å². The summed E-state index contributed by atoms with van der Waals surface area (Å²) >= 11 is 0. The molecule has 0 spiro atoms. The van der Waals surface area contributed by atoms with Crippen molar-refractivity contribution in [1.82, 2.24) is 10.2 Å². The number of nitrogens with zero attached hydrogens (tertiary/aromatic N) is 1. The number of likely N-dealkylation sites (tertiary alicyclic amines) is 1. The van der Waals surface area contributed by atoms with Crippen LogP contribution in [0.1, 0.15) is 25.8 Å². The highest BCUT2D eigenvalue weighted by atomic mass is 19.1. The summed E-state index contributed by atoms with van der Waals surface area (Å²) in [7, 11) is 0. The minimum absolute atomic E-state index is 0.147. The van der Waals surface area contributed by atoms with Crippen LogP contribution in [0.4, 0.5) is 4.39 Å². The molecule has 1 fully saturated rings. The molecule has 0 aromatic heterocycles. The van der Waals surface area contributed by atoms with Crippen LogP contribution in [-0.4, -0.2) is 37.6 Å². The van der Waals surface area contributed by atoms with Crippen LogP contribution in [-0.2, 0) is 6.42 Å². The van der Waals surface area contributed by atoms with Gasteiger partial charge < -0.3 is 10.2 Å². The van der Waals surface area contributed by atoms with Gasteiger partial charge in [0.05, 0.1) is 0 Å². The lowest BCUT2D eigenvalue weighted by Crippen LogP contribution is -2.29. The Morgan fingerprint density at radius 3 is 2.75 bits per heavy atom. The first-order chi connectivity index (χ1) is 9.63. The Morgan fingerprint density at radius 2 is 2.05 bits per heavy atom. The SMILES string of the molecule is CC(C)CNCC1CCN(CCc2ccc(F)cc2)C1. The minimum atomic E-state index is -0.147. The van der Waals surface area contributed by atoms with Crippen LogP contribution >= 0.6 is 0 Å². The lowest BCUT2D eigenvalue weighted by molar-refractivity contribution is 0.324. The van der Waals surface area contributed by atoms with Crippen LogP contribution in [0.3, 0.4) is 0 Å². The van der Waals surface area contributed by atoms with E-state index < -0.39 is 0 Å². The van der Waals surface area contributed by atoms with E-state index in [4.69, 9.17) is 0 Å². The van der Waals surface area contributed by atoms with Crippen molar-refractivity contribution in [2.75, 3.05) is 32.7 Å². The zero-order chi connectivity index (χ0) is 14.4. The third-order valence-electron chi connectivity index (χ3n) is 3.99. The van der Waals surface area contributed by atoms with E-state index in [0.717, 1.165) is 37.9 Å². The third-order valence-corrected chi connectivity index (χ3v) is 3.99. The average molecular weight is 278 g/mol. The van der Waals surface area contributed by atoms with Crippen molar-refractivity contribution < 1.29 is 4.39 Å². The van der Waals surface area contributed by atoms with E-state index in [1.165, 1.54) is 25.1 Å². The third kappa shape index (κ3) is 5.22. The summed E-state index contributed by atoms with van der Waals surface area (Å²) < 4.78 is 12.8. The Balaban J connectivity index is 1.64. The predicted octanol–water partition coefficient (Wildman–Crippen LogP) is 2.94. The van der Waals surface area contributed by atoms with Gasteiger partial charge in [0.2, 0.25) is 0 Å². The van der Waals surface area contributed by atoms with Crippen LogP contribution in [0.2, 0.25) is 0 Å². The van der Waals surface area contributed by atoms with Crippen LogP contribution in [0.5, 0.6) is 0 Å². The second kappa shape index (κ2) is 7.75. The zero-order valence-corrected chi connectivity index (χ0v) is 12.7. The summed E-state index contributed by atoms with van der Waals surface area (Å²) in [5.74, 6) is 1.37. The van der Waals surface area contributed by atoms with Crippen LogP contribution in [0.25, 0.3) is 0 Å². The van der Waals surface area contributed by atoms with Crippen molar-refractivity contribution in [1.29, 1.82) is 0 Å². The molecule has 3 heteroatoms. The van der Waals surface area contributed by atoms with Gasteiger partial charge in [-0.3, -0.25) is 0 Å². The first-order valence-electron chi connectivity index (χ1n) is 7.81. The van der Waals surface area contributed by atoms with E-state index in [-0.39, 0.29) is 5.82 Å². The fraction of sp³-hybridized carbons (Fsp3) is 0.647. The van der Waals surface area contributed by atoms with Gasteiger partial charge in [0.1, 0.15) is 5.82 Å². The van der Waals surface area contributed by atoms with Crippen molar-refractivity contribution >= 4 is 0 Å². The molecule has 0 aliphatic carbocycles. The lowest BCUT2D eigenvalue weighted by Gasteiger charge is -2.16. The molecule has 20 heavy (non-hydrogen) atoms. The highest BCUT2D eigenvalue weighted by Crippen LogP contribution is 2.16. The van der Waals surface area contributed by atoms with Gasteiger partial charge in [0, 0.05) is 13.1 Å². The smallest absolute Gasteiger partial charge is 0.123 e. The Bertz CT molecular complexity index is 388. The highest BCUT2D eigenvalue weighted by molar-refractivity contribution is 5.16. The Hall–Kier alpha value is -0.930. The largest absolute Gasteiger partial charge is 0.316 e. The highest BCUT2D eigenvalue weighted by Gasteiger charge is 2.21. The minimum Gasteiger partial charge on any atom is -0.316 e. The maximum absolute atomic E-state index is 12.8. The molecule has 0 amide bonds. The van der Waals surface area contributed by atoms with E-state index in [2.05, 4.69) is 24.1 Å². The van der Waals surface area contributed by atoms with Gasteiger partial charge in [0.15, 0.2) is 0 Å². The molecule has 112 valence electrons. The summed E-state index contributed by atoms with van der Waals surface area (Å²) in [6, 6.07) is 6.90. The zero-order valence-electron chi connectivity index (χ0n) is 12.7. The molecule has 1 saturated heterocycles. The van der Waals surface area contributed by atoms with Crippen molar-refractivity contribution in [3.63, 3.8) is 0 Å². The van der Waals surface area contributed by atoms with E-state index in [1.807, 2.05) is 12.1 Å². The molecule has 2 nitrogen and oxygen atoms in total. The summed E-state index contributed by atoms with van der Waals surface area (Å²) in [5.41, 5.74) is 1.23. The fourth-order valence-corrected chi connectivity index (χ4v) is 2.80. The molecule has 0 radical (unpaired) electrons. The maximum atomic E-state index is 12.8. The second-order valence-electron chi connectivity index (χ2n) is 6.38. The summed E-state index contributed by atoms with van der Waals surface area (Å²) in [4.78, 5) is 2.53. The molecule has 0 saturated carbocycles. The molecule has 1 aliphatic rings. The molecule has 1 aliphatic heterocycles. The number of nitrogens with one attached hydrogen (secondary N) is 1.